The summed E-state index contributed by atoms with van der Waals surface area (Å²) in [5, 5.41) is 5.27. The molecular formula is C27H18F6N2O2. The molecule has 3 aromatic rings. The maximum Gasteiger partial charge on any atom is 0.416 e. The topological polar surface area (TPSA) is 58.2 Å². The second-order valence-electron chi connectivity index (χ2n) is 8.10. The van der Waals surface area contributed by atoms with Gasteiger partial charge in [-0.25, -0.2) is 0 Å². The van der Waals surface area contributed by atoms with Gasteiger partial charge in [-0.2, -0.15) is 26.3 Å². The molecule has 0 radical (unpaired) electrons. The molecule has 0 saturated carbocycles. The number of nitrogens with one attached hydrogen (secondary N) is 2. The monoisotopic (exact) mass is 516 g/mol. The molecule has 0 spiro atoms. The summed E-state index contributed by atoms with van der Waals surface area (Å²) in [6, 6.07) is 13.3. The number of hydrogen-bond acceptors (Lipinski definition) is 2. The number of alkyl halides is 6. The van der Waals surface area contributed by atoms with Crippen LogP contribution in [0.15, 0.2) is 85.0 Å². The van der Waals surface area contributed by atoms with Gasteiger partial charge in [0.05, 0.1) is 22.4 Å². The highest BCUT2D eigenvalue weighted by atomic mass is 19.4. The number of fused-ring (bicyclic) bond motifs is 1. The Morgan fingerprint density at radius 1 is 0.811 bits per heavy atom. The molecule has 3 aromatic carbocycles. The normalized spacial score (nSPS) is 13.3. The molecule has 0 aromatic heterocycles. The van der Waals surface area contributed by atoms with Gasteiger partial charge >= 0.3 is 12.4 Å². The summed E-state index contributed by atoms with van der Waals surface area (Å²) in [5.74, 6) is -0.898. The molecule has 1 aliphatic heterocycles. The first-order valence-electron chi connectivity index (χ1n) is 10.9. The molecule has 0 atom stereocenters. The number of amides is 2. The van der Waals surface area contributed by atoms with Crippen LogP contribution in [0.3, 0.4) is 0 Å². The first kappa shape index (κ1) is 25.7. The minimum absolute atomic E-state index is 0.298. The summed E-state index contributed by atoms with van der Waals surface area (Å²) in [5.41, 5.74) is 0.553. The van der Waals surface area contributed by atoms with E-state index >= 15 is 0 Å². The van der Waals surface area contributed by atoms with Gasteiger partial charge in [-0.1, -0.05) is 48.6 Å². The number of carbonyl (C=O) groups excluding carboxylic acids is 2. The van der Waals surface area contributed by atoms with Crippen molar-refractivity contribution in [2.75, 3.05) is 5.32 Å². The van der Waals surface area contributed by atoms with Crippen molar-refractivity contribution in [1.29, 1.82) is 0 Å². The number of benzene rings is 3. The quantitative estimate of drug-likeness (QED) is 0.228. The molecule has 2 amide bonds. The van der Waals surface area contributed by atoms with E-state index in [1.807, 2.05) is 0 Å². The van der Waals surface area contributed by atoms with Crippen LogP contribution < -0.4 is 10.6 Å². The van der Waals surface area contributed by atoms with E-state index in [9.17, 15) is 35.9 Å². The zero-order chi connectivity index (χ0) is 26.8. The molecule has 1 heterocycles. The minimum Gasteiger partial charge on any atom is -0.348 e. The van der Waals surface area contributed by atoms with Crippen molar-refractivity contribution in [3.05, 3.63) is 118 Å². The fraction of sp³-hybridized carbons (Fsp3) is 0.111. The Labute approximate surface area is 207 Å². The zero-order valence-electron chi connectivity index (χ0n) is 18.9. The molecule has 0 aliphatic carbocycles. The average molecular weight is 516 g/mol. The first-order chi connectivity index (χ1) is 17.4. The van der Waals surface area contributed by atoms with Crippen molar-refractivity contribution < 1.29 is 35.9 Å². The Bertz CT molecular complexity index is 1330. The number of rotatable bonds is 5. The van der Waals surface area contributed by atoms with Gasteiger partial charge in [-0.3, -0.25) is 9.59 Å². The van der Waals surface area contributed by atoms with Crippen LogP contribution >= 0.6 is 0 Å². The van der Waals surface area contributed by atoms with Crippen molar-refractivity contribution in [1.82, 2.24) is 5.32 Å². The predicted molar refractivity (Wildman–Crippen MR) is 125 cm³/mol. The summed E-state index contributed by atoms with van der Waals surface area (Å²) >= 11 is 0. The van der Waals surface area contributed by atoms with E-state index in [1.165, 1.54) is 36.4 Å². The third kappa shape index (κ3) is 5.91. The van der Waals surface area contributed by atoms with Crippen molar-refractivity contribution >= 4 is 23.1 Å². The summed E-state index contributed by atoms with van der Waals surface area (Å²) in [7, 11) is 0. The molecule has 1 aliphatic rings. The van der Waals surface area contributed by atoms with E-state index < -0.39 is 29.4 Å². The van der Waals surface area contributed by atoms with Gasteiger partial charge in [0.2, 0.25) is 5.91 Å². The van der Waals surface area contributed by atoms with E-state index in [0.29, 0.717) is 34.5 Å². The lowest BCUT2D eigenvalue weighted by atomic mass is 9.95. The van der Waals surface area contributed by atoms with Crippen LogP contribution in [0.5, 0.6) is 0 Å². The highest BCUT2D eigenvalue weighted by molar-refractivity contribution is 6.08. The Hall–Kier alpha value is -4.34. The average Bonchev–Trinajstić information content (AvgIpc) is 3.23. The first-order valence-corrected chi connectivity index (χ1v) is 10.9. The van der Waals surface area contributed by atoms with Crippen molar-refractivity contribution in [3.8, 4) is 0 Å². The van der Waals surface area contributed by atoms with Gasteiger partial charge in [-0.05, 0) is 52.6 Å². The van der Waals surface area contributed by atoms with Crippen LogP contribution in [0.1, 0.15) is 38.2 Å². The van der Waals surface area contributed by atoms with Crippen LogP contribution in [0.25, 0.3) is 5.57 Å². The van der Waals surface area contributed by atoms with Crippen LogP contribution in [0.2, 0.25) is 0 Å². The molecule has 0 fully saturated rings. The molecule has 0 bridgehead atoms. The van der Waals surface area contributed by atoms with E-state index in [4.69, 9.17) is 0 Å². The molecule has 4 rings (SSSR count). The van der Waals surface area contributed by atoms with Crippen molar-refractivity contribution in [2.24, 2.45) is 0 Å². The fourth-order valence-electron chi connectivity index (χ4n) is 3.83. The third-order valence-corrected chi connectivity index (χ3v) is 5.63. The summed E-state index contributed by atoms with van der Waals surface area (Å²) in [4.78, 5) is 24.5. The third-order valence-electron chi connectivity index (χ3n) is 5.63. The molecule has 4 nitrogen and oxygen atoms in total. The molecule has 190 valence electrons. The summed E-state index contributed by atoms with van der Waals surface area (Å²) in [6.45, 7) is 0.347. The number of allylic oxidation sites excluding steroid dienone is 2. The van der Waals surface area contributed by atoms with E-state index in [-0.39, 0.29) is 5.91 Å². The predicted octanol–water partition coefficient (Wildman–Crippen LogP) is 6.59. The van der Waals surface area contributed by atoms with Gasteiger partial charge in [0.1, 0.15) is 0 Å². The van der Waals surface area contributed by atoms with Crippen LogP contribution in [0.4, 0.5) is 32.0 Å². The van der Waals surface area contributed by atoms with Crippen LogP contribution in [-0.2, 0) is 23.7 Å². The van der Waals surface area contributed by atoms with Crippen LogP contribution in [0, 0.1) is 0 Å². The van der Waals surface area contributed by atoms with E-state index in [1.54, 1.807) is 18.2 Å². The van der Waals surface area contributed by atoms with E-state index in [2.05, 4.69) is 10.6 Å². The van der Waals surface area contributed by atoms with Crippen LogP contribution in [-0.4, -0.2) is 11.8 Å². The Morgan fingerprint density at radius 3 is 1.86 bits per heavy atom. The van der Waals surface area contributed by atoms with Crippen molar-refractivity contribution in [3.63, 3.8) is 0 Å². The maximum absolute atomic E-state index is 13.0. The van der Waals surface area contributed by atoms with Crippen molar-refractivity contribution in [2.45, 2.75) is 18.9 Å². The number of halogens is 6. The second kappa shape index (κ2) is 9.96. The van der Waals surface area contributed by atoms with Gasteiger partial charge in [0.25, 0.3) is 5.91 Å². The molecule has 37 heavy (non-hydrogen) atoms. The Morgan fingerprint density at radius 2 is 1.35 bits per heavy atom. The molecule has 10 heteroatoms. The molecule has 2 N–H and O–H groups in total. The zero-order valence-corrected chi connectivity index (χ0v) is 18.9. The van der Waals surface area contributed by atoms with Gasteiger partial charge in [0, 0.05) is 12.6 Å². The Balaban J connectivity index is 1.62. The second-order valence-corrected chi connectivity index (χ2v) is 8.10. The lowest BCUT2D eigenvalue weighted by Crippen LogP contribution is -2.16. The maximum atomic E-state index is 13.0. The number of carbonyl (C=O) groups is 2. The fourth-order valence-corrected chi connectivity index (χ4v) is 3.83. The minimum atomic E-state index is -4.55. The highest BCUT2D eigenvalue weighted by Crippen LogP contribution is 2.33. The molecule has 0 saturated heterocycles. The largest absolute Gasteiger partial charge is 0.416 e. The highest BCUT2D eigenvalue weighted by Gasteiger charge is 2.31. The van der Waals surface area contributed by atoms with Gasteiger partial charge in [0.15, 0.2) is 0 Å². The summed E-state index contributed by atoms with van der Waals surface area (Å²) in [6.07, 6.45) is -5.23. The Kier molecular flexibility index (Phi) is 6.93. The van der Waals surface area contributed by atoms with E-state index in [0.717, 1.165) is 35.9 Å². The number of hydrogen-bond donors (Lipinski definition) is 2. The lowest BCUT2D eigenvalue weighted by molar-refractivity contribution is -0.138. The number of anilines is 1. The van der Waals surface area contributed by atoms with Gasteiger partial charge in [-0.15, -0.1) is 0 Å². The summed E-state index contributed by atoms with van der Waals surface area (Å²) < 4.78 is 77.9. The smallest absolute Gasteiger partial charge is 0.348 e. The SMILES string of the molecule is O=C(C=CC=C(c1ccc(C(F)(F)F)cc1)c1ccc(C(F)(F)F)cc1)Nc1cccc2c1C(=O)NC2. The molecule has 0 unspecified atom stereocenters. The lowest BCUT2D eigenvalue weighted by Gasteiger charge is -2.12. The van der Waals surface area contributed by atoms with Gasteiger partial charge < -0.3 is 10.6 Å². The molecular weight excluding hydrogens is 498 g/mol. The standard InChI is InChI=1S/C27H18F6N2O2/c28-26(29,30)19-11-7-16(8-12-19)21(17-9-13-20(14-10-17)27(31,32)33)4-2-6-23(36)35-22-5-1-3-18-15-34-25(37)24(18)22/h1-14H,15H2,(H,34,37)(H,35,36).